The first kappa shape index (κ1) is 18.8. The third-order valence-corrected chi connectivity index (χ3v) is 5.53. The predicted molar refractivity (Wildman–Crippen MR) is 118 cm³/mol. The molecule has 6 nitrogen and oxygen atoms in total. The summed E-state index contributed by atoms with van der Waals surface area (Å²) in [5.41, 5.74) is 10.0. The van der Waals surface area contributed by atoms with Crippen LogP contribution in [0.3, 0.4) is 0 Å². The number of hydrogen-bond acceptors (Lipinski definition) is 5. The van der Waals surface area contributed by atoms with Gasteiger partial charge in [0.2, 0.25) is 11.8 Å². The Balaban J connectivity index is 1.73. The van der Waals surface area contributed by atoms with Crippen LogP contribution < -0.4 is 15.2 Å². The van der Waals surface area contributed by atoms with Gasteiger partial charge in [-0.3, -0.25) is 5.10 Å². The van der Waals surface area contributed by atoms with E-state index in [2.05, 4.69) is 34.5 Å². The number of hydrogen-bond donors (Lipinski definition) is 2. The van der Waals surface area contributed by atoms with Gasteiger partial charge in [-0.2, -0.15) is 5.26 Å². The molecular weight excluding hydrogens is 388 g/mol. The summed E-state index contributed by atoms with van der Waals surface area (Å²) in [5.74, 6) is 0.861. The minimum Gasteiger partial charge on any atom is -0.494 e. The number of benzene rings is 3. The molecule has 0 aliphatic carbocycles. The summed E-state index contributed by atoms with van der Waals surface area (Å²) in [4.78, 5) is 0. The number of nitrogens with zero attached hydrogens (tertiary/aromatic N) is 2. The van der Waals surface area contributed by atoms with E-state index < -0.39 is 5.92 Å². The number of fused-ring (bicyclic) bond motifs is 2. The molecule has 3 N–H and O–H groups in total. The molecule has 0 spiro atoms. The molecule has 1 aliphatic heterocycles. The first-order valence-electron chi connectivity index (χ1n) is 10.1. The van der Waals surface area contributed by atoms with E-state index in [0.717, 1.165) is 38.9 Å². The molecule has 0 saturated heterocycles. The highest BCUT2D eigenvalue weighted by molar-refractivity contribution is 5.88. The van der Waals surface area contributed by atoms with Gasteiger partial charge < -0.3 is 15.2 Å². The molecule has 0 fully saturated rings. The molecule has 1 atom stereocenters. The Kier molecular flexibility index (Phi) is 4.57. The van der Waals surface area contributed by atoms with Gasteiger partial charge in [-0.15, -0.1) is 5.10 Å². The van der Waals surface area contributed by atoms with Crippen molar-refractivity contribution in [2.24, 2.45) is 5.73 Å². The maximum absolute atomic E-state index is 9.97. The topological polar surface area (TPSA) is 97.0 Å². The number of nitrogens with one attached hydrogen (secondary N) is 1. The van der Waals surface area contributed by atoms with Crippen LogP contribution in [0.2, 0.25) is 0 Å². The van der Waals surface area contributed by atoms with E-state index in [9.17, 15) is 5.26 Å². The lowest BCUT2D eigenvalue weighted by atomic mass is 9.81. The number of allylic oxidation sites excluding steroid dienone is 1. The van der Waals surface area contributed by atoms with Crippen molar-refractivity contribution < 1.29 is 9.47 Å². The van der Waals surface area contributed by atoms with Gasteiger partial charge in [0, 0.05) is 5.56 Å². The van der Waals surface area contributed by atoms with Gasteiger partial charge >= 0.3 is 0 Å². The van der Waals surface area contributed by atoms with Crippen LogP contribution in [0.1, 0.15) is 24.0 Å². The Bertz CT molecular complexity index is 1340. The van der Waals surface area contributed by atoms with Gasteiger partial charge in [-0.25, -0.2) is 0 Å². The summed E-state index contributed by atoms with van der Waals surface area (Å²) < 4.78 is 11.3. The van der Waals surface area contributed by atoms with Crippen LogP contribution in [-0.2, 0) is 0 Å². The number of ether oxygens (including phenoxy) is 2. The molecule has 0 radical (unpaired) electrons. The number of aromatic nitrogens is 2. The van der Waals surface area contributed by atoms with E-state index in [1.54, 1.807) is 0 Å². The van der Waals surface area contributed by atoms with Crippen molar-refractivity contribution in [2.75, 3.05) is 6.61 Å². The molecule has 2 heterocycles. The number of nitriles is 1. The molecule has 0 saturated carbocycles. The van der Waals surface area contributed by atoms with Crippen LogP contribution in [0.25, 0.3) is 22.0 Å². The van der Waals surface area contributed by atoms with Crippen molar-refractivity contribution in [2.45, 2.75) is 12.8 Å². The molecule has 31 heavy (non-hydrogen) atoms. The van der Waals surface area contributed by atoms with Crippen LogP contribution >= 0.6 is 0 Å². The lowest BCUT2D eigenvalue weighted by Gasteiger charge is -2.25. The Morgan fingerprint density at radius 1 is 1.10 bits per heavy atom. The highest BCUT2D eigenvalue weighted by Crippen LogP contribution is 2.47. The smallest absolute Gasteiger partial charge is 0.244 e. The second-order valence-electron chi connectivity index (χ2n) is 7.27. The van der Waals surface area contributed by atoms with Crippen molar-refractivity contribution in [1.82, 2.24) is 10.2 Å². The zero-order chi connectivity index (χ0) is 21.4. The molecule has 5 rings (SSSR count). The lowest BCUT2D eigenvalue weighted by Crippen LogP contribution is -2.21. The SMILES string of the molecule is CCOc1ccc(-c2[nH]nc3c2[C@@H](c2cccc4ccccc24)C(C#N)=C(N)O3)cc1. The molecule has 0 amide bonds. The second-order valence-corrected chi connectivity index (χ2v) is 7.27. The fourth-order valence-electron chi connectivity index (χ4n) is 4.16. The average Bonchev–Trinajstić information content (AvgIpc) is 3.22. The molecule has 3 aromatic carbocycles. The Labute approximate surface area is 179 Å². The van der Waals surface area contributed by atoms with Crippen molar-refractivity contribution in [1.29, 1.82) is 5.26 Å². The minimum atomic E-state index is -0.403. The normalized spacial score (nSPS) is 15.3. The summed E-state index contributed by atoms with van der Waals surface area (Å²) >= 11 is 0. The first-order chi connectivity index (χ1) is 15.2. The molecule has 4 aromatic rings. The molecular formula is C25H20N4O2. The van der Waals surface area contributed by atoms with E-state index >= 15 is 0 Å². The van der Waals surface area contributed by atoms with Crippen LogP contribution in [0.4, 0.5) is 0 Å². The zero-order valence-corrected chi connectivity index (χ0v) is 16.9. The van der Waals surface area contributed by atoms with Crippen molar-refractivity contribution in [3.05, 3.63) is 89.3 Å². The predicted octanol–water partition coefficient (Wildman–Crippen LogP) is 4.85. The first-order valence-corrected chi connectivity index (χ1v) is 10.1. The van der Waals surface area contributed by atoms with Crippen molar-refractivity contribution in [3.8, 4) is 29.0 Å². The van der Waals surface area contributed by atoms with Gasteiger partial charge in [0.25, 0.3) is 0 Å². The van der Waals surface area contributed by atoms with Crippen LogP contribution in [0, 0.1) is 11.3 Å². The molecule has 1 aliphatic rings. The molecule has 0 bridgehead atoms. The van der Waals surface area contributed by atoms with E-state index in [0.29, 0.717) is 18.1 Å². The summed E-state index contributed by atoms with van der Waals surface area (Å²) in [5, 5.41) is 19.6. The maximum Gasteiger partial charge on any atom is 0.244 e. The van der Waals surface area contributed by atoms with Crippen LogP contribution in [0.5, 0.6) is 11.6 Å². The molecule has 6 heteroatoms. The lowest BCUT2D eigenvalue weighted by molar-refractivity contribution is 0.340. The van der Waals surface area contributed by atoms with E-state index in [-0.39, 0.29) is 5.88 Å². The fourth-order valence-corrected chi connectivity index (χ4v) is 4.16. The number of nitrogens with two attached hydrogens (primary N) is 1. The monoisotopic (exact) mass is 408 g/mol. The standard InChI is InChI=1S/C25H20N4O2/c1-2-30-17-12-10-16(11-13-17)23-22-21(20(14-26)24(27)31-25(22)29-28-23)19-9-5-7-15-6-3-4-8-18(15)19/h3-13,21H,2,27H2,1H3,(H,28,29)/t21-/m0/s1. The number of rotatable bonds is 4. The van der Waals surface area contributed by atoms with Crippen molar-refractivity contribution in [3.63, 3.8) is 0 Å². The second kappa shape index (κ2) is 7.54. The van der Waals surface area contributed by atoms with E-state index in [4.69, 9.17) is 15.2 Å². The van der Waals surface area contributed by atoms with Crippen LogP contribution in [0.15, 0.2) is 78.2 Å². The molecule has 0 unspecified atom stereocenters. The quantitative estimate of drug-likeness (QED) is 0.503. The Morgan fingerprint density at radius 2 is 1.87 bits per heavy atom. The van der Waals surface area contributed by atoms with Gasteiger partial charge in [-0.1, -0.05) is 42.5 Å². The average molecular weight is 408 g/mol. The van der Waals surface area contributed by atoms with E-state index in [1.807, 2.05) is 55.5 Å². The Hall–Kier alpha value is -4.24. The highest BCUT2D eigenvalue weighted by Gasteiger charge is 2.36. The molecule has 152 valence electrons. The zero-order valence-electron chi connectivity index (χ0n) is 16.9. The van der Waals surface area contributed by atoms with Gasteiger partial charge in [0.15, 0.2) is 0 Å². The largest absolute Gasteiger partial charge is 0.494 e. The summed E-state index contributed by atoms with van der Waals surface area (Å²) in [6, 6.07) is 24.2. The van der Waals surface area contributed by atoms with E-state index in [1.165, 1.54) is 0 Å². The highest BCUT2D eigenvalue weighted by atomic mass is 16.5. The minimum absolute atomic E-state index is 0.0812. The van der Waals surface area contributed by atoms with Gasteiger partial charge in [-0.05, 0) is 47.5 Å². The Morgan fingerprint density at radius 3 is 2.65 bits per heavy atom. The fraction of sp³-hybridized carbons (Fsp3) is 0.120. The maximum atomic E-state index is 9.97. The third-order valence-electron chi connectivity index (χ3n) is 5.53. The number of aromatic amines is 1. The molecule has 1 aromatic heterocycles. The van der Waals surface area contributed by atoms with Crippen molar-refractivity contribution >= 4 is 10.8 Å². The van der Waals surface area contributed by atoms with Gasteiger partial charge in [0.1, 0.15) is 17.4 Å². The van der Waals surface area contributed by atoms with Gasteiger partial charge in [0.05, 0.1) is 23.8 Å². The third kappa shape index (κ3) is 3.08. The number of H-pyrrole nitrogens is 1. The summed E-state index contributed by atoms with van der Waals surface area (Å²) in [6.07, 6.45) is 0. The van der Waals surface area contributed by atoms with Crippen LogP contribution in [-0.4, -0.2) is 16.8 Å². The summed E-state index contributed by atoms with van der Waals surface area (Å²) in [7, 11) is 0. The summed E-state index contributed by atoms with van der Waals surface area (Å²) in [6.45, 7) is 2.55.